The Bertz CT molecular complexity index is 1480. The van der Waals surface area contributed by atoms with Crippen molar-refractivity contribution in [3.8, 4) is 11.5 Å². The van der Waals surface area contributed by atoms with Crippen molar-refractivity contribution in [2.24, 2.45) is 0 Å². The van der Waals surface area contributed by atoms with E-state index in [0.717, 1.165) is 29.9 Å². The van der Waals surface area contributed by atoms with Gasteiger partial charge in [-0.2, -0.15) is 8.42 Å². The molecule has 1 aliphatic rings. The quantitative estimate of drug-likeness (QED) is 0.174. The van der Waals surface area contributed by atoms with Crippen molar-refractivity contribution in [1.82, 2.24) is 0 Å². The van der Waals surface area contributed by atoms with Gasteiger partial charge in [-0.1, -0.05) is 35.9 Å². The van der Waals surface area contributed by atoms with Crippen molar-refractivity contribution in [2.45, 2.75) is 45.1 Å². The molecule has 1 heterocycles. The summed E-state index contributed by atoms with van der Waals surface area (Å²) in [6, 6.07) is 17.5. The van der Waals surface area contributed by atoms with Crippen LogP contribution in [0.15, 0.2) is 77.7 Å². The first-order valence-corrected chi connectivity index (χ1v) is 14.1. The molecule has 3 aromatic rings. The fraction of sp³-hybridized carbons (Fsp3) is 0.258. The molecule has 0 atom stereocenters. The molecule has 4 rings (SSSR count). The number of fused-ring (bicyclic) bond motifs is 1. The molecule has 1 aliphatic heterocycles. The van der Waals surface area contributed by atoms with Crippen LogP contribution in [-0.2, 0) is 10.1 Å². The maximum absolute atomic E-state index is 13.3. The van der Waals surface area contributed by atoms with Crippen LogP contribution in [0.2, 0.25) is 0 Å². The summed E-state index contributed by atoms with van der Waals surface area (Å²) >= 11 is 0. The Balaban J connectivity index is 1.64. The summed E-state index contributed by atoms with van der Waals surface area (Å²) in [5, 5.41) is 0. The van der Waals surface area contributed by atoms with Gasteiger partial charge in [0, 0.05) is 18.8 Å². The van der Waals surface area contributed by atoms with E-state index in [4.69, 9.17) is 8.92 Å². The van der Waals surface area contributed by atoms with E-state index in [1.54, 1.807) is 30.4 Å². The molecule has 0 fully saturated rings. The number of allylic oxidation sites excluding steroid dienone is 1. The van der Waals surface area contributed by atoms with Gasteiger partial charge in [-0.3, -0.25) is 4.79 Å². The summed E-state index contributed by atoms with van der Waals surface area (Å²) in [5.74, 6) is 0.133. The normalized spacial score (nSPS) is 14.1. The zero-order valence-electron chi connectivity index (χ0n) is 22.4. The summed E-state index contributed by atoms with van der Waals surface area (Å²) in [6.45, 7) is 11.7. The lowest BCUT2D eigenvalue weighted by Crippen LogP contribution is -2.29. The van der Waals surface area contributed by atoms with Crippen molar-refractivity contribution in [1.29, 1.82) is 0 Å². The Morgan fingerprint density at radius 1 is 0.974 bits per heavy atom. The summed E-state index contributed by atoms with van der Waals surface area (Å²) in [5.41, 5.74) is 3.02. The monoisotopic (exact) mass is 531 g/mol. The molecule has 198 valence electrons. The largest absolute Gasteiger partial charge is 0.482 e. The number of hydrogen-bond donors (Lipinski definition) is 0. The predicted molar refractivity (Wildman–Crippen MR) is 153 cm³/mol. The fourth-order valence-electron chi connectivity index (χ4n) is 4.21. The number of carbonyl (C=O) groups excluding carboxylic acids is 1. The van der Waals surface area contributed by atoms with Crippen LogP contribution in [0.1, 0.15) is 54.7 Å². The molecular weight excluding hydrogens is 498 g/mol. The zero-order valence-corrected chi connectivity index (χ0v) is 23.2. The average molecular weight is 532 g/mol. The topological polar surface area (TPSA) is 72.9 Å². The van der Waals surface area contributed by atoms with E-state index >= 15 is 0 Å². The smallest absolute Gasteiger partial charge is 0.339 e. The second kappa shape index (κ2) is 10.9. The number of aryl methyl sites for hydroxylation is 1. The van der Waals surface area contributed by atoms with Crippen LogP contribution in [0.4, 0.5) is 5.69 Å². The Labute approximate surface area is 225 Å². The van der Waals surface area contributed by atoms with Crippen molar-refractivity contribution in [2.75, 3.05) is 18.0 Å². The highest BCUT2D eigenvalue weighted by Crippen LogP contribution is 2.41. The minimum Gasteiger partial charge on any atom is -0.482 e. The van der Waals surface area contributed by atoms with Crippen molar-refractivity contribution in [3.63, 3.8) is 0 Å². The molecule has 0 spiro atoms. The van der Waals surface area contributed by atoms with Gasteiger partial charge in [0.2, 0.25) is 0 Å². The molecule has 0 N–H and O–H groups in total. The fourth-order valence-corrected chi connectivity index (χ4v) is 5.16. The van der Waals surface area contributed by atoms with Crippen molar-refractivity contribution in [3.05, 3.63) is 95.1 Å². The van der Waals surface area contributed by atoms with Crippen LogP contribution in [0.25, 0.3) is 12.2 Å². The van der Waals surface area contributed by atoms with Crippen LogP contribution in [0.3, 0.4) is 0 Å². The minimum atomic E-state index is -4.08. The minimum absolute atomic E-state index is 0.0491. The molecule has 0 saturated carbocycles. The van der Waals surface area contributed by atoms with Crippen molar-refractivity contribution >= 4 is 33.7 Å². The second-order valence-electron chi connectivity index (χ2n) is 9.70. The third-order valence-electron chi connectivity index (χ3n) is 6.40. The van der Waals surface area contributed by atoms with E-state index < -0.39 is 15.7 Å². The SMILES string of the molecule is CCN(CC)c1ccc(/C=C/C(=O)c2ccc(OS(=O)(=O)c3ccc(C)cc3)c3c2OC(C)(C)C=C3)cc1. The van der Waals surface area contributed by atoms with Crippen LogP contribution in [0, 0.1) is 6.92 Å². The lowest BCUT2D eigenvalue weighted by Gasteiger charge is -2.29. The molecule has 7 heteroatoms. The number of ketones is 1. The Kier molecular flexibility index (Phi) is 7.78. The molecule has 3 aromatic carbocycles. The lowest BCUT2D eigenvalue weighted by atomic mass is 9.97. The van der Waals surface area contributed by atoms with Gasteiger partial charge in [-0.15, -0.1) is 0 Å². The number of anilines is 1. The maximum atomic E-state index is 13.3. The maximum Gasteiger partial charge on any atom is 0.339 e. The molecule has 38 heavy (non-hydrogen) atoms. The number of benzene rings is 3. The zero-order chi connectivity index (χ0) is 27.5. The number of nitrogens with zero attached hydrogens (tertiary/aromatic N) is 1. The molecule has 0 amide bonds. The standard InChI is InChI=1S/C31H33NO5S/c1-6-32(7-2)24-13-10-23(11-14-24)12-18-28(33)26-17-19-29(27-20-21-31(4,5)36-30(26)27)37-38(34,35)25-15-8-22(3)9-16-25/h8-21H,6-7H2,1-5H3/b18-12+. The Morgan fingerprint density at radius 3 is 2.26 bits per heavy atom. The molecule has 0 aliphatic carbocycles. The number of ether oxygens (including phenoxy) is 1. The average Bonchev–Trinajstić information content (AvgIpc) is 2.88. The van der Waals surface area contributed by atoms with Crippen LogP contribution in [-0.4, -0.2) is 32.9 Å². The van der Waals surface area contributed by atoms with Gasteiger partial charge in [0.05, 0.1) is 11.1 Å². The third-order valence-corrected chi connectivity index (χ3v) is 7.64. The van der Waals surface area contributed by atoms with Crippen LogP contribution in [0.5, 0.6) is 11.5 Å². The van der Waals surface area contributed by atoms with Crippen LogP contribution < -0.4 is 13.8 Å². The highest BCUT2D eigenvalue weighted by molar-refractivity contribution is 7.87. The summed E-state index contributed by atoms with van der Waals surface area (Å²) in [6.07, 6.45) is 6.81. The van der Waals surface area contributed by atoms with E-state index in [-0.39, 0.29) is 16.4 Å². The molecule has 6 nitrogen and oxygen atoms in total. The highest BCUT2D eigenvalue weighted by atomic mass is 32.2. The molecule has 0 radical (unpaired) electrons. The van der Waals surface area contributed by atoms with Gasteiger partial charge in [-0.05, 0) is 94.8 Å². The first-order valence-electron chi connectivity index (χ1n) is 12.7. The lowest BCUT2D eigenvalue weighted by molar-refractivity contribution is 0.103. The molecule has 0 unspecified atom stereocenters. The molecule has 0 saturated heterocycles. The van der Waals surface area contributed by atoms with E-state index in [9.17, 15) is 13.2 Å². The molecular formula is C31H33NO5S. The number of carbonyl (C=O) groups is 1. The number of rotatable bonds is 9. The second-order valence-corrected chi connectivity index (χ2v) is 11.3. The van der Waals surface area contributed by atoms with Gasteiger partial charge in [0.25, 0.3) is 0 Å². The van der Waals surface area contributed by atoms with Gasteiger partial charge in [0.15, 0.2) is 11.5 Å². The number of hydrogen-bond acceptors (Lipinski definition) is 6. The summed E-state index contributed by atoms with van der Waals surface area (Å²) in [4.78, 5) is 15.6. The highest BCUT2D eigenvalue weighted by Gasteiger charge is 2.29. The van der Waals surface area contributed by atoms with Gasteiger partial charge >= 0.3 is 10.1 Å². The molecule has 0 aromatic heterocycles. The van der Waals surface area contributed by atoms with Crippen molar-refractivity contribution < 1.29 is 22.1 Å². The summed E-state index contributed by atoms with van der Waals surface area (Å²) < 4.78 is 37.5. The third kappa shape index (κ3) is 6.00. The van der Waals surface area contributed by atoms with Gasteiger partial charge in [-0.25, -0.2) is 0 Å². The van der Waals surface area contributed by atoms with E-state index in [2.05, 4.69) is 18.7 Å². The van der Waals surface area contributed by atoms with Crippen LogP contribution >= 0.6 is 0 Å². The summed E-state index contributed by atoms with van der Waals surface area (Å²) in [7, 11) is -4.08. The van der Waals surface area contributed by atoms with Gasteiger partial charge in [0.1, 0.15) is 16.2 Å². The molecule has 0 bridgehead atoms. The van der Waals surface area contributed by atoms with E-state index in [1.807, 2.05) is 51.1 Å². The first kappa shape index (κ1) is 27.2. The van der Waals surface area contributed by atoms with E-state index in [1.165, 1.54) is 24.3 Å². The van der Waals surface area contributed by atoms with E-state index in [0.29, 0.717) is 16.9 Å². The Hall–Kier alpha value is -3.84. The predicted octanol–water partition coefficient (Wildman–Crippen LogP) is 6.69. The Morgan fingerprint density at radius 2 is 1.63 bits per heavy atom. The first-order chi connectivity index (χ1) is 18.0. The van der Waals surface area contributed by atoms with Gasteiger partial charge < -0.3 is 13.8 Å².